The standard InChI is InChI=1S/C15H14N4O2S3/c1-24(20,21)13-6-4-11(5-7-13)9-14-17-18-15(22)19(14)16-10-12-3-2-8-23-12/h2-8,10H,9H2,1H3,(H,18,22)/b16-10+. The molecule has 24 heavy (non-hydrogen) atoms. The molecule has 124 valence electrons. The van der Waals surface area contributed by atoms with E-state index in [0.29, 0.717) is 21.9 Å². The molecule has 1 N–H and O–H groups in total. The third-order valence-corrected chi connectivity index (χ3v) is 5.47. The summed E-state index contributed by atoms with van der Waals surface area (Å²) in [6, 6.07) is 10.6. The summed E-state index contributed by atoms with van der Waals surface area (Å²) in [4.78, 5) is 1.31. The minimum absolute atomic E-state index is 0.292. The fourth-order valence-corrected chi connectivity index (χ4v) is 3.48. The first-order valence-electron chi connectivity index (χ1n) is 6.96. The number of aromatic nitrogens is 3. The van der Waals surface area contributed by atoms with Gasteiger partial charge in [0.2, 0.25) is 4.77 Å². The highest BCUT2D eigenvalue weighted by Gasteiger charge is 2.09. The maximum absolute atomic E-state index is 11.5. The van der Waals surface area contributed by atoms with E-state index in [0.717, 1.165) is 10.4 Å². The normalized spacial score (nSPS) is 12.0. The monoisotopic (exact) mass is 378 g/mol. The van der Waals surface area contributed by atoms with Crippen molar-refractivity contribution in [3.05, 3.63) is 62.8 Å². The van der Waals surface area contributed by atoms with E-state index in [1.54, 1.807) is 46.5 Å². The van der Waals surface area contributed by atoms with Gasteiger partial charge in [0.25, 0.3) is 0 Å². The summed E-state index contributed by atoms with van der Waals surface area (Å²) < 4.78 is 25.0. The Bertz CT molecular complexity index is 1010. The SMILES string of the molecule is CS(=O)(=O)c1ccc(Cc2n[nH]c(=S)n2/N=C/c2cccs2)cc1. The fourth-order valence-electron chi connectivity index (χ4n) is 2.07. The van der Waals surface area contributed by atoms with Crippen LogP contribution in [-0.2, 0) is 16.3 Å². The molecule has 0 amide bonds. The largest absolute Gasteiger partial charge is 0.250 e. The van der Waals surface area contributed by atoms with Crippen LogP contribution in [0, 0.1) is 4.77 Å². The Hall–Kier alpha value is -2.10. The molecule has 1 aromatic carbocycles. The van der Waals surface area contributed by atoms with Crippen molar-refractivity contribution in [3.63, 3.8) is 0 Å². The van der Waals surface area contributed by atoms with E-state index in [-0.39, 0.29) is 0 Å². The smallest absolute Gasteiger partial charge is 0.216 e. The molecule has 0 atom stereocenters. The third-order valence-electron chi connectivity index (χ3n) is 3.27. The van der Waals surface area contributed by atoms with Crippen molar-refractivity contribution in [1.82, 2.24) is 14.9 Å². The first-order chi connectivity index (χ1) is 11.4. The number of thiophene rings is 1. The van der Waals surface area contributed by atoms with Gasteiger partial charge in [-0.2, -0.15) is 14.9 Å². The number of hydrogen-bond donors (Lipinski definition) is 1. The van der Waals surface area contributed by atoms with Crippen LogP contribution in [-0.4, -0.2) is 35.8 Å². The molecule has 0 saturated carbocycles. The first kappa shape index (κ1) is 16.7. The van der Waals surface area contributed by atoms with Crippen LogP contribution < -0.4 is 0 Å². The first-order valence-corrected chi connectivity index (χ1v) is 10.1. The van der Waals surface area contributed by atoms with Gasteiger partial charge in [-0.15, -0.1) is 11.3 Å². The lowest BCUT2D eigenvalue weighted by Crippen LogP contribution is -2.01. The number of sulfone groups is 1. The van der Waals surface area contributed by atoms with Gasteiger partial charge in [0.1, 0.15) is 0 Å². The molecular weight excluding hydrogens is 364 g/mol. The van der Waals surface area contributed by atoms with Crippen LogP contribution in [0.3, 0.4) is 0 Å². The summed E-state index contributed by atoms with van der Waals surface area (Å²) in [7, 11) is -3.20. The predicted octanol–water partition coefficient (Wildman–Crippen LogP) is 2.88. The zero-order valence-electron chi connectivity index (χ0n) is 12.7. The highest BCUT2D eigenvalue weighted by Crippen LogP contribution is 2.13. The van der Waals surface area contributed by atoms with Crippen LogP contribution in [0.25, 0.3) is 0 Å². The highest BCUT2D eigenvalue weighted by molar-refractivity contribution is 7.90. The Morgan fingerprint density at radius 1 is 1.33 bits per heavy atom. The van der Waals surface area contributed by atoms with E-state index in [1.807, 2.05) is 17.5 Å². The van der Waals surface area contributed by atoms with E-state index in [4.69, 9.17) is 12.2 Å². The highest BCUT2D eigenvalue weighted by atomic mass is 32.2. The van der Waals surface area contributed by atoms with Crippen molar-refractivity contribution in [2.24, 2.45) is 5.10 Å². The van der Waals surface area contributed by atoms with Gasteiger partial charge in [0.05, 0.1) is 11.1 Å². The molecule has 0 bridgehead atoms. The number of benzene rings is 1. The molecular formula is C15H14N4O2S3. The zero-order chi connectivity index (χ0) is 17.2. The van der Waals surface area contributed by atoms with Crippen molar-refractivity contribution in [1.29, 1.82) is 0 Å². The fraction of sp³-hybridized carbons (Fsp3) is 0.133. The lowest BCUT2D eigenvalue weighted by atomic mass is 10.1. The van der Waals surface area contributed by atoms with Crippen LogP contribution in [0.1, 0.15) is 16.3 Å². The van der Waals surface area contributed by atoms with Gasteiger partial charge < -0.3 is 0 Å². The van der Waals surface area contributed by atoms with Crippen LogP contribution >= 0.6 is 23.6 Å². The number of rotatable bonds is 5. The number of H-pyrrole nitrogens is 1. The number of nitrogens with one attached hydrogen (secondary N) is 1. The summed E-state index contributed by atoms with van der Waals surface area (Å²) in [6.07, 6.45) is 3.40. The van der Waals surface area contributed by atoms with Crippen molar-refractivity contribution < 1.29 is 8.42 Å². The van der Waals surface area contributed by atoms with Gasteiger partial charge in [0, 0.05) is 17.6 Å². The molecule has 9 heteroatoms. The van der Waals surface area contributed by atoms with Gasteiger partial charge in [-0.3, -0.25) is 5.10 Å². The zero-order valence-corrected chi connectivity index (χ0v) is 15.2. The van der Waals surface area contributed by atoms with Crippen molar-refractivity contribution in [3.8, 4) is 0 Å². The molecule has 6 nitrogen and oxygen atoms in total. The molecule has 3 rings (SSSR count). The summed E-state index contributed by atoms with van der Waals surface area (Å²) in [6.45, 7) is 0. The third kappa shape index (κ3) is 3.86. The van der Waals surface area contributed by atoms with Crippen LogP contribution in [0.15, 0.2) is 51.8 Å². The quantitative estimate of drug-likeness (QED) is 0.547. The van der Waals surface area contributed by atoms with Gasteiger partial charge >= 0.3 is 0 Å². The van der Waals surface area contributed by atoms with Crippen molar-refractivity contribution in [2.75, 3.05) is 6.26 Å². The molecule has 2 aromatic heterocycles. The van der Waals surface area contributed by atoms with Crippen molar-refractivity contribution >= 4 is 39.6 Å². The van der Waals surface area contributed by atoms with E-state index in [1.165, 1.54) is 6.26 Å². The van der Waals surface area contributed by atoms with Crippen LogP contribution in [0.5, 0.6) is 0 Å². The Morgan fingerprint density at radius 2 is 2.08 bits per heavy atom. The second kappa shape index (κ2) is 6.80. The second-order valence-electron chi connectivity index (χ2n) is 5.11. The summed E-state index contributed by atoms with van der Waals surface area (Å²) in [5, 5.41) is 13.3. The average Bonchev–Trinajstić information content (AvgIpc) is 3.16. The summed E-state index contributed by atoms with van der Waals surface area (Å²) >= 11 is 6.79. The molecule has 0 saturated heterocycles. The van der Waals surface area contributed by atoms with E-state index < -0.39 is 9.84 Å². The molecule has 0 aliphatic heterocycles. The Balaban J connectivity index is 1.85. The second-order valence-corrected chi connectivity index (χ2v) is 8.49. The number of aromatic amines is 1. The molecule has 0 aliphatic carbocycles. The Labute approximate surface area is 148 Å². The number of hydrogen-bond acceptors (Lipinski definition) is 6. The molecule has 2 heterocycles. The van der Waals surface area contributed by atoms with Crippen LogP contribution in [0.4, 0.5) is 0 Å². The maximum atomic E-state index is 11.5. The Morgan fingerprint density at radius 3 is 2.71 bits per heavy atom. The van der Waals surface area contributed by atoms with Gasteiger partial charge in [0.15, 0.2) is 15.7 Å². The van der Waals surface area contributed by atoms with Crippen molar-refractivity contribution in [2.45, 2.75) is 11.3 Å². The predicted molar refractivity (Wildman–Crippen MR) is 97.1 cm³/mol. The molecule has 0 unspecified atom stereocenters. The lowest BCUT2D eigenvalue weighted by Gasteiger charge is -2.03. The summed E-state index contributed by atoms with van der Waals surface area (Å²) in [5.74, 6) is 0.653. The van der Waals surface area contributed by atoms with E-state index >= 15 is 0 Å². The van der Waals surface area contributed by atoms with Gasteiger partial charge in [-0.1, -0.05) is 18.2 Å². The maximum Gasteiger partial charge on any atom is 0.216 e. The number of nitrogens with zero attached hydrogens (tertiary/aromatic N) is 3. The van der Waals surface area contributed by atoms with Gasteiger partial charge in [-0.25, -0.2) is 8.42 Å². The van der Waals surface area contributed by atoms with E-state index in [9.17, 15) is 8.42 Å². The van der Waals surface area contributed by atoms with Gasteiger partial charge in [-0.05, 0) is 41.4 Å². The Kier molecular flexibility index (Phi) is 4.74. The lowest BCUT2D eigenvalue weighted by molar-refractivity contribution is 0.602. The molecule has 0 spiro atoms. The molecule has 0 radical (unpaired) electrons. The molecule has 0 fully saturated rings. The topological polar surface area (TPSA) is 80.1 Å². The average molecular weight is 379 g/mol. The minimum atomic E-state index is -3.20. The van der Waals surface area contributed by atoms with E-state index in [2.05, 4.69) is 15.3 Å². The summed E-state index contributed by atoms with van der Waals surface area (Å²) in [5.41, 5.74) is 0.920. The molecule has 3 aromatic rings. The minimum Gasteiger partial charge on any atom is -0.250 e. The van der Waals surface area contributed by atoms with Crippen LogP contribution in [0.2, 0.25) is 0 Å². The molecule has 0 aliphatic rings.